The Morgan fingerprint density at radius 2 is 2.14 bits per heavy atom. The lowest BCUT2D eigenvalue weighted by Crippen LogP contribution is -2.42. The Balaban J connectivity index is 2.42. The van der Waals surface area contributed by atoms with Gasteiger partial charge in [0.1, 0.15) is 0 Å². The third-order valence-corrected chi connectivity index (χ3v) is 4.25. The highest BCUT2D eigenvalue weighted by atomic mass is 32.1. The molecule has 0 aliphatic heterocycles. The van der Waals surface area contributed by atoms with Crippen LogP contribution in [0.2, 0.25) is 0 Å². The Morgan fingerprint density at radius 1 is 1.48 bits per heavy atom. The van der Waals surface area contributed by atoms with E-state index in [1.807, 2.05) is 26.2 Å². The Labute approximate surface area is 131 Å². The van der Waals surface area contributed by atoms with Crippen LogP contribution in [0, 0.1) is 5.41 Å². The molecule has 0 aliphatic rings. The zero-order valence-corrected chi connectivity index (χ0v) is 14.4. The summed E-state index contributed by atoms with van der Waals surface area (Å²) in [6.07, 6.45) is 1.19. The minimum atomic E-state index is -0.369. The van der Waals surface area contributed by atoms with Gasteiger partial charge in [0.15, 0.2) is 0 Å². The van der Waals surface area contributed by atoms with E-state index in [9.17, 15) is 9.90 Å². The van der Waals surface area contributed by atoms with Crippen molar-refractivity contribution in [3.05, 3.63) is 16.1 Å². The third-order valence-electron chi connectivity index (χ3n) is 3.24. The number of nitrogens with one attached hydrogen (secondary N) is 2. The molecule has 120 valence electrons. The molecule has 0 saturated carbocycles. The van der Waals surface area contributed by atoms with Crippen LogP contribution >= 0.6 is 11.3 Å². The monoisotopic (exact) mass is 313 g/mol. The Bertz CT molecular complexity index is 458. The molecule has 1 heterocycles. The molecule has 0 spiro atoms. The summed E-state index contributed by atoms with van der Waals surface area (Å²) in [5.41, 5.74) is 0.764. The number of thiazole rings is 1. The lowest BCUT2D eigenvalue weighted by molar-refractivity contribution is 0.128. The smallest absolute Gasteiger partial charge is 0.315 e. The van der Waals surface area contributed by atoms with E-state index in [1.54, 1.807) is 18.3 Å². The number of urea groups is 1. The number of carbonyl (C=O) groups is 1. The van der Waals surface area contributed by atoms with Gasteiger partial charge < -0.3 is 15.7 Å². The Morgan fingerprint density at radius 3 is 2.67 bits per heavy atom. The number of carbonyl (C=O) groups excluding carboxylic acids is 1. The maximum Gasteiger partial charge on any atom is 0.315 e. The molecule has 1 aromatic heterocycles. The van der Waals surface area contributed by atoms with Crippen molar-refractivity contribution in [3.63, 3.8) is 0 Å². The second-order valence-electron chi connectivity index (χ2n) is 6.29. The number of hydrogen-bond acceptors (Lipinski definition) is 4. The molecular weight excluding hydrogens is 286 g/mol. The largest absolute Gasteiger partial charge is 0.393 e. The molecule has 0 bridgehead atoms. The Kier molecular flexibility index (Phi) is 6.61. The van der Waals surface area contributed by atoms with Crippen molar-refractivity contribution in [3.8, 4) is 0 Å². The molecule has 2 atom stereocenters. The van der Waals surface area contributed by atoms with E-state index in [1.165, 1.54) is 0 Å². The molecule has 0 fully saturated rings. The molecule has 0 radical (unpaired) electrons. The topological polar surface area (TPSA) is 74.2 Å². The predicted octanol–water partition coefficient (Wildman–Crippen LogP) is 2.86. The fourth-order valence-electron chi connectivity index (χ4n) is 2.20. The van der Waals surface area contributed by atoms with Gasteiger partial charge in [0.05, 0.1) is 22.8 Å². The maximum absolute atomic E-state index is 11.9. The van der Waals surface area contributed by atoms with E-state index in [4.69, 9.17) is 0 Å². The quantitative estimate of drug-likeness (QED) is 0.724. The summed E-state index contributed by atoms with van der Waals surface area (Å²) in [5, 5.41) is 18.3. The van der Waals surface area contributed by atoms with Crippen LogP contribution in [0.1, 0.15) is 57.8 Å². The molecule has 3 N–H and O–H groups in total. The van der Waals surface area contributed by atoms with E-state index in [0.717, 1.165) is 17.1 Å². The van der Waals surface area contributed by atoms with Crippen molar-refractivity contribution in [2.45, 2.75) is 59.6 Å². The summed E-state index contributed by atoms with van der Waals surface area (Å²) < 4.78 is 0. The minimum Gasteiger partial charge on any atom is -0.393 e. The van der Waals surface area contributed by atoms with Crippen LogP contribution < -0.4 is 10.6 Å². The van der Waals surface area contributed by atoms with E-state index in [0.29, 0.717) is 13.0 Å². The number of amides is 2. The second-order valence-corrected chi connectivity index (χ2v) is 7.23. The summed E-state index contributed by atoms with van der Waals surface area (Å²) in [7, 11) is 0. The van der Waals surface area contributed by atoms with Crippen LogP contribution in [0.15, 0.2) is 5.38 Å². The summed E-state index contributed by atoms with van der Waals surface area (Å²) in [5.74, 6) is 0. The van der Waals surface area contributed by atoms with Crippen molar-refractivity contribution >= 4 is 17.4 Å². The fraction of sp³-hybridized carbons (Fsp3) is 0.733. The lowest BCUT2D eigenvalue weighted by Gasteiger charge is -2.26. The van der Waals surface area contributed by atoms with Gasteiger partial charge in [-0.3, -0.25) is 0 Å². The van der Waals surface area contributed by atoms with Crippen molar-refractivity contribution in [2.24, 2.45) is 5.41 Å². The van der Waals surface area contributed by atoms with Crippen molar-refractivity contribution in [1.82, 2.24) is 15.6 Å². The predicted molar refractivity (Wildman–Crippen MR) is 86.5 cm³/mol. The number of rotatable bonds is 7. The average molecular weight is 313 g/mol. The average Bonchev–Trinajstić information content (AvgIpc) is 2.84. The van der Waals surface area contributed by atoms with E-state index in [-0.39, 0.29) is 23.6 Å². The number of aliphatic hydroxyl groups is 1. The molecule has 0 aromatic carbocycles. The van der Waals surface area contributed by atoms with Gasteiger partial charge in [0.25, 0.3) is 0 Å². The van der Waals surface area contributed by atoms with Gasteiger partial charge in [-0.05, 0) is 32.1 Å². The van der Waals surface area contributed by atoms with Gasteiger partial charge in [0.2, 0.25) is 0 Å². The molecule has 0 saturated heterocycles. The van der Waals surface area contributed by atoms with Crippen LogP contribution in [0.3, 0.4) is 0 Å². The molecule has 0 aliphatic carbocycles. The molecule has 6 heteroatoms. The molecule has 2 unspecified atom stereocenters. The first-order valence-corrected chi connectivity index (χ1v) is 8.28. The Hall–Kier alpha value is -1.14. The number of aliphatic hydroxyl groups excluding tert-OH is 1. The lowest BCUT2D eigenvalue weighted by atomic mass is 9.87. The first-order chi connectivity index (χ1) is 9.73. The zero-order chi connectivity index (χ0) is 16.0. The maximum atomic E-state index is 11.9. The SMILES string of the molecule is CCc1nc(C(C)NC(=O)NCC(C)(C)CC(C)O)cs1. The van der Waals surface area contributed by atoms with Gasteiger partial charge in [-0.1, -0.05) is 20.8 Å². The first kappa shape index (κ1) is 17.9. The van der Waals surface area contributed by atoms with Crippen LogP contribution in [0.25, 0.3) is 0 Å². The highest BCUT2D eigenvalue weighted by Gasteiger charge is 2.21. The summed E-state index contributed by atoms with van der Waals surface area (Å²) >= 11 is 1.62. The zero-order valence-electron chi connectivity index (χ0n) is 13.6. The van der Waals surface area contributed by atoms with E-state index < -0.39 is 0 Å². The number of aryl methyl sites for hydroxylation is 1. The van der Waals surface area contributed by atoms with Gasteiger partial charge in [-0.2, -0.15) is 0 Å². The van der Waals surface area contributed by atoms with Crippen molar-refractivity contribution in [2.75, 3.05) is 6.54 Å². The van der Waals surface area contributed by atoms with Crippen LogP contribution in [-0.2, 0) is 6.42 Å². The normalized spacial score (nSPS) is 14.6. The number of hydrogen-bond donors (Lipinski definition) is 3. The first-order valence-electron chi connectivity index (χ1n) is 7.40. The standard InChI is InChI=1S/C15H27N3O2S/c1-6-13-18-12(8-21-13)11(3)17-14(20)16-9-15(4,5)7-10(2)19/h8,10-11,19H,6-7,9H2,1-5H3,(H2,16,17,20). The second kappa shape index (κ2) is 7.75. The van der Waals surface area contributed by atoms with Gasteiger partial charge in [-0.25, -0.2) is 9.78 Å². The van der Waals surface area contributed by atoms with Crippen molar-refractivity contribution in [1.29, 1.82) is 0 Å². The molecule has 5 nitrogen and oxygen atoms in total. The van der Waals surface area contributed by atoms with Gasteiger partial charge in [0, 0.05) is 11.9 Å². The molecule has 1 aromatic rings. The van der Waals surface area contributed by atoms with E-state index >= 15 is 0 Å². The summed E-state index contributed by atoms with van der Waals surface area (Å²) in [6.45, 7) is 10.3. The van der Waals surface area contributed by atoms with Crippen LogP contribution in [-0.4, -0.2) is 28.8 Å². The number of nitrogens with zero attached hydrogens (tertiary/aromatic N) is 1. The highest BCUT2D eigenvalue weighted by Crippen LogP contribution is 2.21. The van der Waals surface area contributed by atoms with Gasteiger partial charge >= 0.3 is 6.03 Å². The van der Waals surface area contributed by atoms with Gasteiger partial charge in [-0.15, -0.1) is 11.3 Å². The molecular formula is C15H27N3O2S. The number of aromatic nitrogens is 1. The summed E-state index contributed by atoms with van der Waals surface area (Å²) in [6, 6.07) is -0.311. The summed E-state index contributed by atoms with van der Waals surface area (Å²) in [4.78, 5) is 16.4. The third kappa shape index (κ3) is 6.44. The van der Waals surface area contributed by atoms with Crippen LogP contribution in [0.4, 0.5) is 4.79 Å². The fourth-order valence-corrected chi connectivity index (χ4v) is 3.04. The minimum absolute atomic E-state index is 0.110. The van der Waals surface area contributed by atoms with Crippen LogP contribution in [0.5, 0.6) is 0 Å². The highest BCUT2D eigenvalue weighted by molar-refractivity contribution is 7.09. The van der Waals surface area contributed by atoms with Crippen molar-refractivity contribution < 1.29 is 9.90 Å². The molecule has 2 amide bonds. The molecule has 21 heavy (non-hydrogen) atoms. The molecule has 1 rings (SSSR count). The van der Waals surface area contributed by atoms with E-state index in [2.05, 4.69) is 22.5 Å².